The Kier molecular flexibility index (Phi) is 4.90. The molecule has 1 N–H and O–H groups in total. The second kappa shape index (κ2) is 6.86. The Bertz CT molecular complexity index is 592. The molecule has 2 aromatic carbocycles. The number of carbonyl (C=O) groups excluding carboxylic acids is 1. The second-order valence-corrected chi connectivity index (χ2v) is 4.78. The van der Waals surface area contributed by atoms with Crippen LogP contribution in [0.25, 0.3) is 0 Å². The minimum absolute atomic E-state index is 0.0722. The predicted octanol–water partition coefficient (Wildman–Crippen LogP) is 2.85. The Morgan fingerprint density at radius 3 is 2.24 bits per heavy atom. The Labute approximate surface area is 124 Å². The smallest absolute Gasteiger partial charge is 0.343 e. The molecule has 0 aliphatic heterocycles. The van der Waals surface area contributed by atoms with Crippen LogP contribution in [-0.4, -0.2) is 17.7 Å². The predicted molar refractivity (Wildman–Crippen MR) is 81.6 cm³/mol. The monoisotopic (exact) mass is 282 g/mol. The lowest BCUT2D eigenvalue weighted by molar-refractivity contribution is -0.165. The lowest BCUT2D eigenvalue weighted by Crippen LogP contribution is -2.39. The van der Waals surface area contributed by atoms with Crippen LogP contribution >= 0.6 is 0 Å². The summed E-state index contributed by atoms with van der Waals surface area (Å²) < 4.78 is 5.08. The lowest BCUT2D eigenvalue weighted by atomic mass is 9.87. The molecule has 0 fully saturated rings. The number of aliphatic hydroxyl groups is 1. The van der Waals surface area contributed by atoms with E-state index in [0.29, 0.717) is 5.56 Å². The molecule has 3 nitrogen and oxygen atoms in total. The zero-order valence-corrected chi connectivity index (χ0v) is 11.7. The summed E-state index contributed by atoms with van der Waals surface area (Å²) in [5.74, 6) is -0.669. The summed E-state index contributed by atoms with van der Waals surface area (Å²) in [6, 6.07) is 18.2. The van der Waals surface area contributed by atoms with E-state index in [2.05, 4.69) is 6.58 Å². The van der Waals surface area contributed by atoms with Gasteiger partial charge in [-0.3, -0.25) is 0 Å². The molecule has 0 radical (unpaired) electrons. The normalized spacial score (nSPS) is 13.2. The second-order valence-electron chi connectivity index (χ2n) is 4.78. The first-order chi connectivity index (χ1) is 10.2. The van der Waals surface area contributed by atoms with E-state index in [-0.39, 0.29) is 13.0 Å². The van der Waals surface area contributed by atoms with Crippen molar-refractivity contribution in [1.29, 1.82) is 0 Å². The van der Waals surface area contributed by atoms with Crippen LogP contribution in [0.2, 0.25) is 0 Å². The first-order valence-corrected chi connectivity index (χ1v) is 6.77. The van der Waals surface area contributed by atoms with E-state index in [1.807, 2.05) is 36.4 Å². The van der Waals surface area contributed by atoms with Crippen LogP contribution in [-0.2, 0) is 21.6 Å². The Morgan fingerprint density at radius 2 is 1.67 bits per heavy atom. The average Bonchev–Trinajstić information content (AvgIpc) is 2.54. The Morgan fingerprint density at radius 1 is 1.10 bits per heavy atom. The van der Waals surface area contributed by atoms with Crippen molar-refractivity contribution in [3.63, 3.8) is 0 Å². The number of carbonyl (C=O) groups is 1. The molecule has 0 amide bonds. The van der Waals surface area contributed by atoms with Gasteiger partial charge in [0.1, 0.15) is 6.61 Å². The van der Waals surface area contributed by atoms with Gasteiger partial charge < -0.3 is 9.84 Å². The van der Waals surface area contributed by atoms with E-state index in [4.69, 9.17) is 4.74 Å². The van der Waals surface area contributed by atoms with Crippen molar-refractivity contribution in [2.24, 2.45) is 0 Å². The molecule has 0 saturated heterocycles. The molecule has 1 atom stereocenters. The molecule has 3 heteroatoms. The highest BCUT2D eigenvalue weighted by Crippen LogP contribution is 2.27. The van der Waals surface area contributed by atoms with Gasteiger partial charge in [0.05, 0.1) is 0 Å². The van der Waals surface area contributed by atoms with Crippen molar-refractivity contribution in [2.75, 3.05) is 6.61 Å². The van der Waals surface area contributed by atoms with Crippen LogP contribution in [0.5, 0.6) is 0 Å². The summed E-state index contributed by atoms with van der Waals surface area (Å²) in [6.45, 7) is 3.58. The van der Waals surface area contributed by atoms with Crippen LogP contribution in [0.15, 0.2) is 73.3 Å². The van der Waals surface area contributed by atoms with Crippen LogP contribution < -0.4 is 0 Å². The summed E-state index contributed by atoms with van der Waals surface area (Å²) >= 11 is 0. The SMILES string of the molecule is C=CCOC(=O)C(O)(Cc1ccccc1)c1ccccc1. The van der Waals surface area contributed by atoms with Crippen LogP contribution in [0, 0.1) is 0 Å². The number of ether oxygens (including phenoxy) is 1. The average molecular weight is 282 g/mol. The van der Waals surface area contributed by atoms with Crippen molar-refractivity contribution in [1.82, 2.24) is 0 Å². The third-order valence-corrected chi connectivity index (χ3v) is 3.22. The van der Waals surface area contributed by atoms with E-state index in [9.17, 15) is 9.90 Å². The van der Waals surface area contributed by atoms with Crippen LogP contribution in [0.3, 0.4) is 0 Å². The van der Waals surface area contributed by atoms with Gasteiger partial charge in [-0.15, -0.1) is 0 Å². The van der Waals surface area contributed by atoms with E-state index in [0.717, 1.165) is 5.56 Å². The number of benzene rings is 2. The van der Waals surface area contributed by atoms with Crippen molar-refractivity contribution >= 4 is 5.97 Å². The van der Waals surface area contributed by atoms with Gasteiger partial charge in [-0.05, 0) is 11.1 Å². The molecule has 2 aromatic rings. The molecule has 0 bridgehead atoms. The summed E-state index contributed by atoms with van der Waals surface area (Å²) in [7, 11) is 0. The fourth-order valence-corrected chi connectivity index (χ4v) is 2.15. The first-order valence-electron chi connectivity index (χ1n) is 6.77. The van der Waals surface area contributed by atoms with Crippen molar-refractivity contribution < 1.29 is 14.6 Å². The molecule has 0 aliphatic rings. The molecule has 0 saturated carbocycles. The van der Waals surface area contributed by atoms with Gasteiger partial charge in [0.15, 0.2) is 5.60 Å². The van der Waals surface area contributed by atoms with Gasteiger partial charge in [-0.2, -0.15) is 0 Å². The molecule has 1 unspecified atom stereocenters. The summed E-state index contributed by atoms with van der Waals surface area (Å²) in [5, 5.41) is 10.9. The quantitative estimate of drug-likeness (QED) is 0.654. The molecule has 0 heterocycles. The minimum Gasteiger partial charge on any atom is -0.459 e. The topological polar surface area (TPSA) is 46.5 Å². The molecule has 2 rings (SSSR count). The molecule has 21 heavy (non-hydrogen) atoms. The van der Waals surface area contributed by atoms with Gasteiger partial charge in [0.2, 0.25) is 0 Å². The van der Waals surface area contributed by atoms with E-state index in [1.165, 1.54) is 6.08 Å². The maximum atomic E-state index is 12.3. The van der Waals surface area contributed by atoms with E-state index in [1.54, 1.807) is 24.3 Å². The third kappa shape index (κ3) is 3.58. The molecule has 0 aliphatic carbocycles. The summed E-state index contributed by atoms with van der Waals surface area (Å²) in [6.07, 6.45) is 1.64. The number of esters is 1. The van der Waals surface area contributed by atoms with Crippen molar-refractivity contribution in [2.45, 2.75) is 12.0 Å². The Balaban J connectivity index is 2.34. The first kappa shape index (κ1) is 15.0. The van der Waals surface area contributed by atoms with E-state index >= 15 is 0 Å². The lowest BCUT2D eigenvalue weighted by Gasteiger charge is -2.26. The van der Waals surface area contributed by atoms with Gasteiger partial charge >= 0.3 is 5.97 Å². The maximum Gasteiger partial charge on any atom is 0.343 e. The number of hydrogen-bond acceptors (Lipinski definition) is 3. The maximum absolute atomic E-state index is 12.3. The van der Waals surface area contributed by atoms with Crippen LogP contribution in [0.4, 0.5) is 0 Å². The summed E-state index contributed by atoms with van der Waals surface area (Å²) in [5.41, 5.74) is -0.326. The van der Waals surface area contributed by atoms with E-state index < -0.39 is 11.6 Å². The standard InChI is InChI=1S/C18H18O3/c1-2-13-21-17(19)18(20,16-11-7-4-8-12-16)14-15-9-5-3-6-10-15/h2-12,20H,1,13-14H2. The number of hydrogen-bond donors (Lipinski definition) is 1. The van der Waals surface area contributed by atoms with Gasteiger partial charge in [-0.25, -0.2) is 4.79 Å². The fraction of sp³-hybridized carbons (Fsp3) is 0.167. The Hall–Kier alpha value is -2.39. The zero-order chi connectivity index (χ0) is 15.1. The third-order valence-electron chi connectivity index (χ3n) is 3.22. The zero-order valence-electron chi connectivity index (χ0n) is 11.7. The largest absolute Gasteiger partial charge is 0.459 e. The highest BCUT2D eigenvalue weighted by Gasteiger charge is 2.39. The highest BCUT2D eigenvalue weighted by molar-refractivity contribution is 5.81. The highest BCUT2D eigenvalue weighted by atomic mass is 16.5. The molecular weight excluding hydrogens is 264 g/mol. The minimum atomic E-state index is -1.70. The number of rotatable bonds is 6. The van der Waals surface area contributed by atoms with Gasteiger partial charge in [-0.1, -0.05) is 73.3 Å². The molecular formula is C18H18O3. The van der Waals surface area contributed by atoms with Crippen molar-refractivity contribution in [3.05, 3.63) is 84.4 Å². The van der Waals surface area contributed by atoms with Gasteiger partial charge in [0, 0.05) is 6.42 Å². The van der Waals surface area contributed by atoms with Crippen LogP contribution in [0.1, 0.15) is 11.1 Å². The van der Waals surface area contributed by atoms with Crippen molar-refractivity contribution in [3.8, 4) is 0 Å². The fourth-order valence-electron chi connectivity index (χ4n) is 2.15. The molecule has 108 valence electrons. The summed E-state index contributed by atoms with van der Waals surface area (Å²) in [4.78, 5) is 12.3. The molecule has 0 spiro atoms. The van der Waals surface area contributed by atoms with Gasteiger partial charge in [0.25, 0.3) is 0 Å². The molecule has 0 aromatic heterocycles.